The van der Waals surface area contributed by atoms with Crippen molar-refractivity contribution in [1.82, 2.24) is 10.2 Å². The predicted molar refractivity (Wildman–Crippen MR) is 65.6 cm³/mol. The normalized spacial score (nSPS) is 27.2. The number of methoxy groups -OCH3 is 1. The van der Waals surface area contributed by atoms with Crippen molar-refractivity contribution < 1.29 is 9.53 Å². The molecular weight excluding hydrogens is 218 g/mol. The number of likely N-dealkylation sites (tertiary alicyclic amines) is 1. The van der Waals surface area contributed by atoms with Gasteiger partial charge in [-0.2, -0.15) is 0 Å². The van der Waals surface area contributed by atoms with E-state index in [4.69, 9.17) is 10.5 Å². The molecule has 98 valence electrons. The van der Waals surface area contributed by atoms with Crippen molar-refractivity contribution in [3.8, 4) is 0 Å². The molecule has 0 aromatic heterocycles. The molecule has 1 saturated carbocycles. The van der Waals surface area contributed by atoms with Crippen LogP contribution in [0.5, 0.6) is 0 Å². The first-order chi connectivity index (χ1) is 8.19. The van der Waals surface area contributed by atoms with Crippen LogP contribution in [-0.2, 0) is 9.53 Å². The molecule has 0 bridgehead atoms. The number of nitrogens with two attached hydrogens (primary N) is 1. The number of rotatable bonds is 7. The number of hydrogen-bond donors (Lipinski definition) is 2. The third-order valence-electron chi connectivity index (χ3n) is 3.65. The molecule has 5 heteroatoms. The second kappa shape index (κ2) is 5.80. The smallest absolute Gasteiger partial charge is 0.234 e. The van der Waals surface area contributed by atoms with Crippen molar-refractivity contribution in [2.45, 2.75) is 43.9 Å². The van der Waals surface area contributed by atoms with Gasteiger partial charge in [0.05, 0.1) is 12.1 Å². The largest absolute Gasteiger partial charge is 0.380 e. The topological polar surface area (TPSA) is 67.6 Å². The number of amides is 1. The Kier molecular flexibility index (Phi) is 4.36. The molecule has 0 spiro atoms. The van der Waals surface area contributed by atoms with Crippen LogP contribution in [0, 0.1) is 0 Å². The highest BCUT2D eigenvalue weighted by Crippen LogP contribution is 2.20. The van der Waals surface area contributed by atoms with Crippen molar-refractivity contribution in [1.29, 1.82) is 0 Å². The molecule has 2 unspecified atom stereocenters. The molecule has 0 aromatic carbocycles. The molecule has 2 rings (SSSR count). The standard InChI is InChI=1S/C12H23N3O2/c1-17-10-4-6-15(8-10)7-5-11(12(13)16)14-9-2-3-9/h9-11,14H,2-8H2,1H3,(H2,13,16). The van der Waals surface area contributed by atoms with Crippen LogP contribution in [0.1, 0.15) is 25.7 Å². The fourth-order valence-electron chi connectivity index (χ4n) is 2.35. The fraction of sp³-hybridized carbons (Fsp3) is 0.917. The summed E-state index contributed by atoms with van der Waals surface area (Å²) in [5.74, 6) is -0.223. The molecule has 0 radical (unpaired) electrons. The summed E-state index contributed by atoms with van der Waals surface area (Å²) in [6.45, 7) is 2.96. The number of primary amides is 1. The summed E-state index contributed by atoms with van der Waals surface area (Å²) in [6.07, 6.45) is 4.62. The zero-order chi connectivity index (χ0) is 12.3. The first-order valence-corrected chi connectivity index (χ1v) is 6.49. The molecule has 1 aliphatic heterocycles. The highest BCUT2D eigenvalue weighted by atomic mass is 16.5. The molecule has 1 saturated heterocycles. The van der Waals surface area contributed by atoms with Gasteiger partial charge in [0.15, 0.2) is 0 Å². The number of nitrogens with one attached hydrogen (secondary N) is 1. The van der Waals surface area contributed by atoms with Gasteiger partial charge in [0, 0.05) is 32.8 Å². The van der Waals surface area contributed by atoms with E-state index in [1.807, 2.05) is 0 Å². The van der Waals surface area contributed by atoms with Crippen molar-refractivity contribution in [3.63, 3.8) is 0 Å². The van der Waals surface area contributed by atoms with Gasteiger partial charge in [0.1, 0.15) is 0 Å². The number of nitrogens with zero attached hydrogens (tertiary/aromatic N) is 1. The quantitative estimate of drug-likeness (QED) is 0.642. The van der Waals surface area contributed by atoms with Crippen LogP contribution in [0.4, 0.5) is 0 Å². The Balaban J connectivity index is 1.69. The molecule has 3 N–H and O–H groups in total. The van der Waals surface area contributed by atoms with Crippen molar-refractivity contribution in [3.05, 3.63) is 0 Å². The van der Waals surface area contributed by atoms with Gasteiger partial charge in [-0.1, -0.05) is 0 Å². The Labute approximate surface area is 103 Å². The maximum absolute atomic E-state index is 11.3. The summed E-state index contributed by atoms with van der Waals surface area (Å²) >= 11 is 0. The summed E-state index contributed by atoms with van der Waals surface area (Å²) in [5.41, 5.74) is 5.41. The summed E-state index contributed by atoms with van der Waals surface area (Å²) < 4.78 is 5.32. The van der Waals surface area contributed by atoms with E-state index in [1.165, 1.54) is 12.8 Å². The first kappa shape index (κ1) is 12.8. The van der Waals surface area contributed by atoms with Gasteiger partial charge in [-0.15, -0.1) is 0 Å². The van der Waals surface area contributed by atoms with E-state index < -0.39 is 0 Å². The molecule has 2 aliphatic rings. The minimum absolute atomic E-state index is 0.163. The molecule has 2 fully saturated rings. The summed E-state index contributed by atoms with van der Waals surface area (Å²) in [6, 6.07) is 0.363. The maximum Gasteiger partial charge on any atom is 0.234 e. The van der Waals surface area contributed by atoms with Crippen LogP contribution in [0.25, 0.3) is 0 Å². The van der Waals surface area contributed by atoms with E-state index in [0.29, 0.717) is 12.1 Å². The van der Waals surface area contributed by atoms with Gasteiger partial charge in [-0.25, -0.2) is 0 Å². The average molecular weight is 241 g/mol. The second-order valence-electron chi connectivity index (χ2n) is 5.13. The van der Waals surface area contributed by atoms with Crippen molar-refractivity contribution in [2.24, 2.45) is 5.73 Å². The Hall–Kier alpha value is -0.650. The number of carbonyl (C=O) groups is 1. The van der Waals surface area contributed by atoms with E-state index >= 15 is 0 Å². The highest BCUT2D eigenvalue weighted by Gasteiger charge is 2.28. The molecule has 5 nitrogen and oxygen atoms in total. The molecule has 1 heterocycles. The lowest BCUT2D eigenvalue weighted by Crippen LogP contribution is -2.44. The van der Waals surface area contributed by atoms with Gasteiger partial charge in [-0.05, 0) is 25.7 Å². The minimum atomic E-state index is -0.223. The van der Waals surface area contributed by atoms with E-state index in [2.05, 4.69) is 10.2 Å². The van der Waals surface area contributed by atoms with Crippen LogP contribution in [-0.4, -0.2) is 55.7 Å². The lowest BCUT2D eigenvalue weighted by molar-refractivity contribution is -0.120. The van der Waals surface area contributed by atoms with Gasteiger partial charge in [0.2, 0.25) is 5.91 Å². The Bertz CT molecular complexity index is 268. The maximum atomic E-state index is 11.3. The third kappa shape index (κ3) is 3.94. The molecule has 17 heavy (non-hydrogen) atoms. The monoisotopic (exact) mass is 241 g/mol. The number of hydrogen-bond acceptors (Lipinski definition) is 4. The number of carbonyl (C=O) groups excluding carboxylic acids is 1. The first-order valence-electron chi connectivity index (χ1n) is 6.49. The third-order valence-corrected chi connectivity index (χ3v) is 3.65. The van der Waals surface area contributed by atoms with Gasteiger partial charge < -0.3 is 20.7 Å². The molecule has 1 aliphatic carbocycles. The molecule has 0 aromatic rings. The summed E-state index contributed by atoms with van der Waals surface area (Å²) in [7, 11) is 1.76. The Morgan fingerprint density at radius 3 is 2.82 bits per heavy atom. The van der Waals surface area contributed by atoms with E-state index in [0.717, 1.165) is 32.5 Å². The average Bonchev–Trinajstić information content (AvgIpc) is 3.01. The van der Waals surface area contributed by atoms with Crippen LogP contribution in [0.15, 0.2) is 0 Å². The lowest BCUT2D eigenvalue weighted by atomic mass is 10.2. The minimum Gasteiger partial charge on any atom is -0.380 e. The van der Waals surface area contributed by atoms with Gasteiger partial charge >= 0.3 is 0 Å². The SMILES string of the molecule is COC1CCN(CCC(NC2CC2)C(N)=O)C1. The molecule has 2 atom stereocenters. The van der Waals surface area contributed by atoms with Crippen LogP contribution in [0.2, 0.25) is 0 Å². The zero-order valence-electron chi connectivity index (χ0n) is 10.5. The van der Waals surface area contributed by atoms with E-state index in [1.54, 1.807) is 7.11 Å². The predicted octanol–water partition coefficient (Wildman–Crippen LogP) is -0.297. The van der Waals surface area contributed by atoms with Crippen LogP contribution in [0.3, 0.4) is 0 Å². The van der Waals surface area contributed by atoms with E-state index in [-0.39, 0.29) is 11.9 Å². The van der Waals surface area contributed by atoms with Crippen molar-refractivity contribution in [2.75, 3.05) is 26.7 Å². The lowest BCUT2D eigenvalue weighted by Gasteiger charge is -2.20. The molecule has 1 amide bonds. The Morgan fingerprint density at radius 1 is 1.53 bits per heavy atom. The van der Waals surface area contributed by atoms with Crippen LogP contribution < -0.4 is 11.1 Å². The van der Waals surface area contributed by atoms with Gasteiger partial charge in [0.25, 0.3) is 0 Å². The second-order valence-corrected chi connectivity index (χ2v) is 5.13. The highest BCUT2D eigenvalue weighted by molar-refractivity contribution is 5.79. The van der Waals surface area contributed by atoms with Gasteiger partial charge in [-0.3, -0.25) is 4.79 Å². The number of ether oxygens (including phenoxy) is 1. The Morgan fingerprint density at radius 2 is 2.29 bits per heavy atom. The van der Waals surface area contributed by atoms with Crippen molar-refractivity contribution >= 4 is 5.91 Å². The van der Waals surface area contributed by atoms with E-state index in [9.17, 15) is 4.79 Å². The summed E-state index contributed by atoms with van der Waals surface area (Å²) in [4.78, 5) is 13.7. The summed E-state index contributed by atoms with van der Waals surface area (Å²) in [5, 5.41) is 3.31. The molecular formula is C12H23N3O2. The van der Waals surface area contributed by atoms with Crippen LogP contribution >= 0.6 is 0 Å². The fourth-order valence-corrected chi connectivity index (χ4v) is 2.35. The zero-order valence-corrected chi connectivity index (χ0v) is 10.5.